The van der Waals surface area contributed by atoms with E-state index in [1.54, 1.807) is 16.8 Å². The Morgan fingerprint density at radius 2 is 2.04 bits per heavy atom. The summed E-state index contributed by atoms with van der Waals surface area (Å²) in [4.78, 5) is 16.7. The smallest absolute Gasteiger partial charge is 0.165 e. The van der Waals surface area contributed by atoms with Gasteiger partial charge in [-0.3, -0.25) is 4.79 Å². The van der Waals surface area contributed by atoms with Gasteiger partial charge in [0.05, 0.1) is 6.20 Å². The van der Waals surface area contributed by atoms with Crippen LogP contribution in [0.25, 0.3) is 11.2 Å². The second-order valence-corrected chi connectivity index (χ2v) is 7.38. The molecule has 2 bridgehead atoms. The van der Waals surface area contributed by atoms with Crippen molar-refractivity contribution in [3.63, 3.8) is 0 Å². The van der Waals surface area contributed by atoms with Gasteiger partial charge >= 0.3 is 0 Å². The molecule has 2 saturated heterocycles. The molecular weight excluding hydrogens is 314 g/mol. The number of hydrogen-bond donors (Lipinski definition) is 2. The van der Waals surface area contributed by atoms with Crippen LogP contribution in [0, 0.1) is 0 Å². The SMILES string of the molecule is Nc1cc(C2C[C@H]3CC[C@@H](C2)N3)nc2c(C3=CC(=O)CC=C3)cnn12. The highest BCUT2D eigenvalue weighted by atomic mass is 16.1. The van der Waals surface area contributed by atoms with Gasteiger partial charge in [0.2, 0.25) is 0 Å². The zero-order valence-corrected chi connectivity index (χ0v) is 14.0. The number of ketones is 1. The number of nitrogens with one attached hydrogen (secondary N) is 1. The second-order valence-electron chi connectivity index (χ2n) is 7.38. The minimum atomic E-state index is 0.107. The summed E-state index contributed by atoms with van der Waals surface area (Å²) in [6.45, 7) is 0. The first-order chi connectivity index (χ1) is 12.2. The molecule has 0 radical (unpaired) electrons. The lowest BCUT2D eigenvalue weighted by atomic mass is 9.89. The van der Waals surface area contributed by atoms with E-state index in [-0.39, 0.29) is 5.78 Å². The molecule has 0 amide bonds. The third-order valence-electron chi connectivity index (χ3n) is 5.65. The number of nitrogens with two attached hydrogens (primary N) is 1. The van der Waals surface area contributed by atoms with E-state index in [4.69, 9.17) is 10.7 Å². The van der Waals surface area contributed by atoms with Gasteiger partial charge in [0.15, 0.2) is 11.4 Å². The standard InChI is InChI=1S/C19H21N5O/c20-18-9-17(12-6-13-4-5-14(7-12)22-13)23-19-16(10-21-24(18)19)11-2-1-3-15(25)8-11/h1-2,8-10,12-14,22H,3-7,20H2/t12?,13-,14+. The number of allylic oxidation sites excluding steroid dienone is 4. The first-order valence-corrected chi connectivity index (χ1v) is 8.99. The molecule has 1 unspecified atom stereocenters. The highest BCUT2D eigenvalue weighted by molar-refractivity contribution is 6.03. The largest absolute Gasteiger partial charge is 0.384 e. The van der Waals surface area contributed by atoms with Crippen molar-refractivity contribution in [1.29, 1.82) is 0 Å². The van der Waals surface area contributed by atoms with Gasteiger partial charge in [0.25, 0.3) is 0 Å². The van der Waals surface area contributed by atoms with Gasteiger partial charge in [-0.25, -0.2) is 4.98 Å². The number of piperidine rings is 1. The Kier molecular flexibility index (Phi) is 3.28. The fourth-order valence-electron chi connectivity index (χ4n) is 4.47. The van der Waals surface area contributed by atoms with Crippen LogP contribution in [-0.2, 0) is 4.79 Å². The van der Waals surface area contributed by atoms with E-state index in [1.807, 2.05) is 18.2 Å². The van der Waals surface area contributed by atoms with Crippen LogP contribution in [-0.4, -0.2) is 32.5 Å². The molecule has 1 aliphatic carbocycles. The molecule has 5 rings (SSSR count). The molecular formula is C19H21N5O. The van der Waals surface area contributed by atoms with Crippen LogP contribution in [0.3, 0.4) is 0 Å². The Morgan fingerprint density at radius 1 is 1.24 bits per heavy atom. The lowest BCUT2D eigenvalue weighted by Crippen LogP contribution is -2.37. The quantitative estimate of drug-likeness (QED) is 0.879. The number of nitrogen functional groups attached to an aromatic ring is 1. The van der Waals surface area contributed by atoms with Gasteiger partial charge in [-0.1, -0.05) is 12.2 Å². The zero-order valence-electron chi connectivity index (χ0n) is 14.0. The van der Waals surface area contributed by atoms with Gasteiger partial charge < -0.3 is 11.1 Å². The van der Waals surface area contributed by atoms with Crippen molar-refractivity contribution < 1.29 is 4.79 Å². The average molecular weight is 335 g/mol. The molecule has 3 aliphatic rings. The minimum absolute atomic E-state index is 0.107. The number of hydrogen-bond acceptors (Lipinski definition) is 5. The first-order valence-electron chi connectivity index (χ1n) is 8.99. The highest BCUT2D eigenvalue weighted by Gasteiger charge is 2.35. The summed E-state index contributed by atoms with van der Waals surface area (Å²) < 4.78 is 1.67. The third-order valence-corrected chi connectivity index (χ3v) is 5.65. The Balaban J connectivity index is 1.59. The lowest BCUT2D eigenvalue weighted by molar-refractivity contribution is -0.113. The van der Waals surface area contributed by atoms with E-state index in [2.05, 4.69) is 10.4 Å². The molecule has 128 valence electrons. The van der Waals surface area contributed by atoms with Gasteiger partial charge in [0, 0.05) is 41.7 Å². The Labute approximate surface area is 145 Å². The lowest BCUT2D eigenvalue weighted by Gasteiger charge is -2.28. The predicted octanol–water partition coefficient (Wildman–Crippen LogP) is 2.22. The van der Waals surface area contributed by atoms with Gasteiger partial charge in [-0.2, -0.15) is 9.61 Å². The Bertz CT molecular complexity index is 913. The summed E-state index contributed by atoms with van der Waals surface area (Å²) in [5.74, 6) is 1.14. The second kappa shape index (κ2) is 5.52. The van der Waals surface area contributed by atoms with Gasteiger partial charge in [-0.05, 0) is 37.3 Å². The molecule has 4 heterocycles. The number of anilines is 1. The summed E-state index contributed by atoms with van der Waals surface area (Å²) in [5, 5.41) is 8.05. The first kappa shape index (κ1) is 14.8. The van der Waals surface area contributed by atoms with Crippen molar-refractivity contribution in [2.45, 2.75) is 50.1 Å². The number of aromatic nitrogens is 3. The van der Waals surface area contributed by atoms with Crippen molar-refractivity contribution in [2.75, 3.05) is 5.73 Å². The summed E-state index contributed by atoms with van der Waals surface area (Å²) in [5.41, 5.74) is 9.79. The molecule has 6 nitrogen and oxygen atoms in total. The van der Waals surface area contributed by atoms with Crippen molar-refractivity contribution in [3.05, 3.63) is 41.7 Å². The van der Waals surface area contributed by atoms with Crippen molar-refractivity contribution in [1.82, 2.24) is 19.9 Å². The topological polar surface area (TPSA) is 85.3 Å². The van der Waals surface area contributed by atoms with Crippen LogP contribution in [0.4, 0.5) is 5.82 Å². The van der Waals surface area contributed by atoms with E-state index < -0.39 is 0 Å². The van der Waals surface area contributed by atoms with Crippen LogP contribution in [0.5, 0.6) is 0 Å². The van der Waals surface area contributed by atoms with Crippen LogP contribution >= 0.6 is 0 Å². The van der Waals surface area contributed by atoms with E-state index in [9.17, 15) is 4.79 Å². The van der Waals surface area contributed by atoms with Gasteiger partial charge in [0.1, 0.15) is 5.82 Å². The number of fused-ring (bicyclic) bond motifs is 3. The fourth-order valence-corrected chi connectivity index (χ4v) is 4.47. The Morgan fingerprint density at radius 3 is 2.80 bits per heavy atom. The predicted molar refractivity (Wildman–Crippen MR) is 96.1 cm³/mol. The maximum atomic E-state index is 11.8. The molecule has 0 spiro atoms. The number of carbonyl (C=O) groups is 1. The molecule has 0 aromatic carbocycles. The molecule has 2 aromatic rings. The molecule has 2 aromatic heterocycles. The van der Waals surface area contributed by atoms with E-state index in [0.29, 0.717) is 30.2 Å². The van der Waals surface area contributed by atoms with Gasteiger partial charge in [-0.15, -0.1) is 0 Å². The van der Waals surface area contributed by atoms with E-state index in [1.165, 1.54) is 12.8 Å². The van der Waals surface area contributed by atoms with Crippen molar-refractivity contribution >= 4 is 22.8 Å². The summed E-state index contributed by atoms with van der Waals surface area (Å²) >= 11 is 0. The average Bonchev–Trinajstić information content (AvgIpc) is 3.18. The van der Waals surface area contributed by atoms with Crippen LogP contribution in [0.1, 0.15) is 49.3 Å². The highest BCUT2D eigenvalue weighted by Crippen LogP contribution is 2.37. The van der Waals surface area contributed by atoms with Crippen molar-refractivity contribution in [2.24, 2.45) is 0 Å². The third kappa shape index (κ3) is 2.48. The minimum Gasteiger partial charge on any atom is -0.384 e. The number of rotatable bonds is 2. The number of carbonyl (C=O) groups excluding carboxylic acids is 1. The zero-order chi connectivity index (χ0) is 17.0. The number of nitrogens with zero attached hydrogens (tertiary/aromatic N) is 3. The molecule has 25 heavy (non-hydrogen) atoms. The Hall–Kier alpha value is -2.47. The molecule has 3 atom stereocenters. The maximum Gasteiger partial charge on any atom is 0.165 e. The summed E-state index contributed by atoms with van der Waals surface area (Å²) in [7, 11) is 0. The molecule has 0 saturated carbocycles. The molecule has 2 fully saturated rings. The summed E-state index contributed by atoms with van der Waals surface area (Å²) in [6, 6.07) is 3.18. The normalized spacial score (nSPS) is 28.6. The monoisotopic (exact) mass is 335 g/mol. The van der Waals surface area contributed by atoms with Crippen LogP contribution < -0.4 is 11.1 Å². The van der Waals surface area contributed by atoms with Crippen LogP contribution in [0.2, 0.25) is 0 Å². The van der Waals surface area contributed by atoms with E-state index in [0.717, 1.165) is 35.3 Å². The summed E-state index contributed by atoms with van der Waals surface area (Å²) in [6.07, 6.45) is 12.5. The molecule has 3 N–H and O–H groups in total. The molecule has 2 aliphatic heterocycles. The molecule has 6 heteroatoms. The van der Waals surface area contributed by atoms with E-state index >= 15 is 0 Å². The van der Waals surface area contributed by atoms with Crippen LogP contribution in [0.15, 0.2) is 30.5 Å². The van der Waals surface area contributed by atoms with Crippen molar-refractivity contribution in [3.8, 4) is 0 Å². The maximum absolute atomic E-state index is 11.8. The fraction of sp³-hybridized carbons (Fsp3) is 0.421.